The molecule has 0 bridgehead atoms. The van der Waals surface area contributed by atoms with Crippen molar-refractivity contribution in [3.8, 4) is 0 Å². The molecule has 1 aromatic heterocycles. The van der Waals surface area contributed by atoms with E-state index in [2.05, 4.69) is 37.5 Å². The maximum absolute atomic E-state index is 13.1. The third-order valence-corrected chi connectivity index (χ3v) is 6.02. The van der Waals surface area contributed by atoms with Crippen LogP contribution in [0.15, 0.2) is 65.8 Å². The van der Waals surface area contributed by atoms with Crippen molar-refractivity contribution in [3.05, 3.63) is 77.6 Å². The predicted octanol–water partition coefficient (Wildman–Crippen LogP) is 4.98. The fourth-order valence-corrected chi connectivity index (χ4v) is 4.27. The van der Waals surface area contributed by atoms with Gasteiger partial charge in [-0.05, 0) is 28.5 Å². The molecule has 0 amide bonds. The molecule has 0 atom stereocenters. The molecule has 28 heavy (non-hydrogen) atoms. The van der Waals surface area contributed by atoms with Gasteiger partial charge >= 0.3 is 0 Å². The molecule has 0 saturated heterocycles. The summed E-state index contributed by atoms with van der Waals surface area (Å²) in [4.78, 5) is 0.164. The Balaban J connectivity index is 1.91. The lowest BCUT2D eigenvalue weighted by Crippen LogP contribution is -2.16. The predicted molar refractivity (Wildman–Crippen MR) is 113 cm³/mol. The second kappa shape index (κ2) is 8.19. The zero-order valence-corrected chi connectivity index (χ0v) is 17.6. The number of nitrogens with zero attached hydrogens (tertiary/aromatic N) is 2. The second-order valence-electron chi connectivity index (χ2n) is 7.59. The van der Waals surface area contributed by atoms with Gasteiger partial charge in [0.25, 0.3) is 10.0 Å². The molecule has 6 heteroatoms. The van der Waals surface area contributed by atoms with Gasteiger partial charge in [0, 0.05) is 6.20 Å². The first-order chi connectivity index (χ1) is 13.3. The van der Waals surface area contributed by atoms with Gasteiger partial charge in [0.2, 0.25) is 0 Å². The van der Waals surface area contributed by atoms with E-state index in [0.717, 1.165) is 16.7 Å². The highest BCUT2D eigenvalue weighted by Crippen LogP contribution is 2.33. The van der Waals surface area contributed by atoms with Crippen LogP contribution >= 0.6 is 0 Å². The largest absolute Gasteiger partial charge is 0.279 e. The molecule has 1 heterocycles. The first-order valence-electron chi connectivity index (χ1n) is 9.50. The van der Waals surface area contributed by atoms with E-state index in [1.54, 1.807) is 10.9 Å². The van der Waals surface area contributed by atoms with Gasteiger partial charge in [0.15, 0.2) is 0 Å². The summed E-state index contributed by atoms with van der Waals surface area (Å²) in [6.07, 6.45) is 2.97. The van der Waals surface area contributed by atoms with E-state index in [9.17, 15) is 8.42 Å². The summed E-state index contributed by atoms with van der Waals surface area (Å²) in [6.45, 7) is 8.78. The van der Waals surface area contributed by atoms with Gasteiger partial charge in [-0.1, -0.05) is 76.2 Å². The van der Waals surface area contributed by atoms with Crippen molar-refractivity contribution >= 4 is 15.7 Å². The van der Waals surface area contributed by atoms with Crippen LogP contribution in [0.3, 0.4) is 0 Å². The highest BCUT2D eigenvalue weighted by atomic mass is 32.2. The third kappa shape index (κ3) is 4.44. The fraction of sp³-hybridized carbons (Fsp3) is 0.318. The van der Waals surface area contributed by atoms with Gasteiger partial charge in [-0.2, -0.15) is 5.10 Å². The number of nitrogens with one attached hydrogen (secondary N) is 1. The number of para-hydroxylation sites is 1. The highest BCUT2D eigenvalue weighted by Gasteiger charge is 2.22. The van der Waals surface area contributed by atoms with Crippen LogP contribution in [0.25, 0.3) is 0 Å². The molecular weight excluding hydrogens is 370 g/mol. The molecule has 1 N–H and O–H groups in total. The standard InChI is InChI=1S/C22H27N3O2S/c1-16(2)20-11-8-12-21(17(3)4)22(20)24-28(26,27)19-13-23-25(15-19)14-18-9-6-5-7-10-18/h5-13,15-17,24H,14H2,1-4H3. The molecule has 0 aliphatic rings. The SMILES string of the molecule is CC(C)c1cccc(C(C)C)c1NS(=O)(=O)c1cnn(Cc2ccccc2)c1. The Morgan fingerprint density at radius 2 is 1.54 bits per heavy atom. The van der Waals surface area contributed by atoms with Gasteiger partial charge < -0.3 is 0 Å². The maximum atomic E-state index is 13.1. The Labute approximate surface area is 167 Å². The summed E-state index contributed by atoms with van der Waals surface area (Å²) in [7, 11) is -3.73. The average molecular weight is 398 g/mol. The quantitative estimate of drug-likeness (QED) is 0.611. The van der Waals surface area contributed by atoms with Crippen molar-refractivity contribution in [1.82, 2.24) is 9.78 Å². The van der Waals surface area contributed by atoms with Gasteiger partial charge in [-0.15, -0.1) is 0 Å². The lowest BCUT2D eigenvalue weighted by Gasteiger charge is -2.20. The van der Waals surface area contributed by atoms with Gasteiger partial charge in [-0.3, -0.25) is 9.40 Å². The van der Waals surface area contributed by atoms with Crippen molar-refractivity contribution in [2.24, 2.45) is 0 Å². The van der Waals surface area contributed by atoms with E-state index in [-0.39, 0.29) is 16.7 Å². The Morgan fingerprint density at radius 1 is 0.929 bits per heavy atom. The first kappa shape index (κ1) is 20.1. The lowest BCUT2D eigenvalue weighted by atomic mass is 9.93. The molecule has 148 valence electrons. The van der Waals surface area contributed by atoms with E-state index in [1.165, 1.54) is 6.20 Å². The Hall–Kier alpha value is -2.60. The molecule has 0 aliphatic heterocycles. The number of anilines is 1. The van der Waals surface area contributed by atoms with E-state index >= 15 is 0 Å². The van der Waals surface area contributed by atoms with Crippen molar-refractivity contribution in [2.45, 2.75) is 51.0 Å². The average Bonchev–Trinajstić information content (AvgIpc) is 3.11. The summed E-state index contributed by atoms with van der Waals surface area (Å²) in [6, 6.07) is 15.8. The molecule has 0 saturated carbocycles. The van der Waals surface area contributed by atoms with Gasteiger partial charge in [0.1, 0.15) is 4.90 Å². The Kier molecular flexibility index (Phi) is 5.89. The minimum Gasteiger partial charge on any atom is -0.279 e. The number of hydrogen-bond acceptors (Lipinski definition) is 3. The van der Waals surface area contributed by atoms with Crippen molar-refractivity contribution in [1.29, 1.82) is 0 Å². The molecular formula is C22H27N3O2S. The molecule has 0 spiro atoms. The molecule has 0 radical (unpaired) electrons. The molecule has 0 unspecified atom stereocenters. The highest BCUT2D eigenvalue weighted by molar-refractivity contribution is 7.92. The Bertz CT molecular complexity index is 1010. The number of rotatable bonds is 7. The molecule has 3 rings (SSSR count). The smallest absolute Gasteiger partial charge is 0.265 e. The van der Waals surface area contributed by atoms with Crippen molar-refractivity contribution in [3.63, 3.8) is 0 Å². The van der Waals surface area contributed by atoms with Crippen LogP contribution in [-0.4, -0.2) is 18.2 Å². The van der Waals surface area contributed by atoms with Gasteiger partial charge in [-0.25, -0.2) is 8.42 Å². The van der Waals surface area contributed by atoms with Crippen LogP contribution in [0.1, 0.15) is 56.2 Å². The van der Waals surface area contributed by atoms with Crippen LogP contribution < -0.4 is 4.72 Å². The molecule has 0 fully saturated rings. The molecule has 3 aromatic rings. The number of sulfonamides is 1. The van der Waals surface area contributed by atoms with E-state index in [0.29, 0.717) is 12.2 Å². The van der Waals surface area contributed by atoms with Crippen molar-refractivity contribution < 1.29 is 8.42 Å². The second-order valence-corrected chi connectivity index (χ2v) is 9.27. The third-order valence-electron chi connectivity index (χ3n) is 4.72. The minimum atomic E-state index is -3.73. The summed E-state index contributed by atoms with van der Waals surface area (Å²) in [5, 5.41) is 4.23. The maximum Gasteiger partial charge on any atom is 0.265 e. The van der Waals surface area contributed by atoms with Crippen LogP contribution in [0.4, 0.5) is 5.69 Å². The molecule has 0 aliphatic carbocycles. The number of aromatic nitrogens is 2. The van der Waals surface area contributed by atoms with Crippen LogP contribution in [-0.2, 0) is 16.6 Å². The van der Waals surface area contributed by atoms with E-state index in [1.807, 2.05) is 48.5 Å². The molecule has 5 nitrogen and oxygen atoms in total. The van der Waals surface area contributed by atoms with E-state index < -0.39 is 10.0 Å². The minimum absolute atomic E-state index is 0.164. The van der Waals surface area contributed by atoms with Gasteiger partial charge in [0.05, 0.1) is 18.4 Å². The van der Waals surface area contributed by atoms with E-state index in [4.69, 9.17) is 0 Å². The van der Waals surface area contributed by atoms with Crippen LogP contribution in [0, 0.1) is 0 Å². The van der Waals surface area contributed by atoms with Crippen LogP contribution in [0.2, 0.25) is 0 Å². The Morgan fingerprint density at radius 3 is 2.11 bits per heavy atom. The number of hydrogen-bond donors (Lipinski definition) is 1. The van der Waals surface area contributed by atoms with Crippen LogP contribution in [0.5, 0.6) is 0 Å². The summed E-state index contributed by atoms with van der Waals surface area (Å²) >= 11 is 0. The zero-order valence-electron chi connectivity index (χ0n) is 16.8. The zero-order chi connectivity index (χ0) is 20.3. The summed E-state index contributed by atoms with van der Waals surface area (Å²) < 4.78 is 30.6. The number of benzene rings is 2. The summed E-state index contributed by atoms with van der Waals surface area (Å²) in [5.41, 5.74) is 3.73. The topological polar surface area (TPSA) is 64.0 Å². The summed E-state index contributed by atoms with van der Waals surface area (Å²) in [5.74, 6) is 0.411. The lowest BCUT2D eigenvalue weighted by molar-refractivity contribution is 0.600. The molecule has 2 aromatic carbocycles. The monoisotopic (exact) mass is 397 g/mol. The van der Waals surface area contributed by atoms with Crippen molar-refractivity contribution in [2.75, 3.05) is 4.72 Å². The normalized spacial score (nSPS) is 11.9. The first-order valence-corrected chi connectivity index (χ1v) is 11.0. The fourth-order valence-electron chi connectivity index (χ4n) is 3.20.